The van der Waals surface area contributed by atoms with E-state index in [2.05, 4.69) is 10.4 Å². The highest BCUT2D eigenvalue weighted by molar-refractivity contribution is 6.21. The molecular weight excluding hydrogens is 222 g/mol. The third-order valence-corrected chi connectivity index (χ3v) is 2.57. The molecule has 1 aliphatic rings. The van der Waals surface area contributed by atoms with Gasteiger partial charge in [-0.15, -0.1) is 0 Å². The zero-order valence-corrected chi connectivity index (χ0v) is 9.64. The van der Waals surface area contributed by atoms with Gasteiger partial charge < -0.3 is 9.73 Å². The van der Waals surface area contributed by atoms with Crippen LogP contribution in [0.2, 0.25) is 0 Å². The van der Waals surface area contributed by atoms with Gasteiger partial charge in [-0.3, -0.25) is 9.59 Å². The fraction of sp³-hybridized carbons (Fsp3) is 0.364. The number of carbonyl (C=O) groups is 2. The van der Waals surface area contributed by atoms with E-state index < -0.39 is 5.92 Å². The molecule has 0 fully saturated rings. The Bertz CT molecular complexity index is 464. The number of hydrogen-bond donors (Lipinski definition) is 1. The first kappa shape index (κ1) is 11.4. The largest absolute Gasteiger partial charge is 0.467 e. The molecule has 1 N–H and O–H groups in total. The molecule has 1 aromatic rings. The number of nitrogens with zero attached hydrogens (tertiary/aromatic N) is 2. The van der Waals surface area contributed by atoms with Crippen molar-refractivity contribution in [2.75, 3.05) is 7.05 Å². The molecule has 0 radical (unpaired) electrons. The minimum atomic E-state index is -0.810. The lowest BCUT2D eigenvalue weighted by Gasteiger charge is -2.09. The average Bonchev–Trinajstić information content (AvgIpc) is 2.86. The Labute approximate surface area is 98.3 Å². The summed E-state index contributed by atoms with van der Waals surface area (Å²) in [4.78, 5) is 23.5. The van der Waals surface area contributed by atoms with Gasteiger partial charge in [-0.1, -0.05) is 0 Å². The van der Waals surface area contributed by atoms with E-state index in [1.54, 1.807) is 19.1 Å². The van der Waals surface area contributed by atoms with Crippen molar-refractivity contribution >= 4 is 17.5 Å². The molecule has 17 heavy (non-hydrogen) atoms. The second-order valence-electron chi connectivity index (χ2n) is 3.83. The van der Waals surface area contributed by atoms with Gasteiger partial charge in [-0.25, -0.2) is 5.01 Å². The smallest absolute Gasteiger partial charge is 0.260 e. The van der Waals surface area contributed by atoms with Crippen molar-refractivity contribution in [2.24, 2.45) is 11.0 Å². The van der Waals surface area contributed by atoms with E-state index in [0.29, 0.717) is 11.5 Å². The molecule has 2 amide bonds. The van der Waals surface area contributed by atoms with Crippen LogP contribution in [0, 0.1) is 5.92 Å². The lowest BCUT2D eigenvalue weighted by atomic mass is 10.0. The van der Waals surface area contributed by atoms with Gasteiger partial charge in [0, 0.05) is 7.05 Å². The van der Waals surface area contributed by atoms with Crippen LogP contribution in [-0.4, -0.2) is 29.6 Å². The predicted octanol–water partition coefficient (Wildman–Crippen LogP) is 0.360. The molecule has 0 aromatic carbocycles. The van der Waals surface area contributed by atoms with E-state index in [0.717, 1.165) is 0 Å². The summed E-state index contributed by atoms with van der Waals surface area (Å²) in [5, 5.41) is 7.77. The third kappa shape index (κ3) is 2.20. The standard InChI is InChI=1S/C11H13N3O3/c1-7-9(11(16)14(2)13-7)10(15)12-6-8-4-3-5-17-8/h3-5,9H,6H2,1-2H3,(H,12,15). The molecule has 1 aliphatic heterocycles. The molecule has 2 rings (SSSR count). The van der Waals surface area contributed by atoms with Gasteiger partial charge in [0.15, 0.2) is 5.92 Å². The van der Waals surface area contributed by atoms with E-state index >= 15 is 0 Å². The summed E-state index contributed by atoms with van der Waals surface area (Å²) in [6.45, 7) is 1.94. The fourth-order valence-corrected chi connectivity index (χ4v) is 1.70. The molecule has 0 saturated carbocycles. The first-order valence-corrected chi connectivity index (χ1v) is 5.22. The van der Waals surface area contributed by atoms with Crippen molar-refractivity contribution in [3.63, 3.8) is 0 Å². The normalized spacial score (nSPS) is 19.4. The molecular formula is C11H13N3O3. The van der Waals surface area contributed by atoms with Crippen LogP contribution < -0.4 is 5.32 Å². The van der Waals surface area contributed by atoms with E-state index in [1.165, 1.54) is 18.3 Å². The zero-order chi connectivity index (χ0) is 12.4. The molecule has 6 heteroatoms. The summed E-state index contributed by atoms with van der Waals surface area (Å²) in [5.74, 6) is -0.821. The number of hydrazone groups is 1. The van der Waals surface area contributed by atoms with Gasteiger partial charge in [0.25, 0.3) is 5.91 Å². The highest BCUT2D eigenvalue weighted by Gasteiger charge is 2.37. The van der Waals surface area contributed by atoms with Crippen LogP contribution in [0.3, 0.4) is 0 Å². The van der Waals surface area contributed by atoms with Crippen molar-refractivity contribution in [1.82, 2.24) is 10.3 Å². The zero-order valence-electron chi connectivity index (χ0n) is 9.64. The Kier molecular flexibility index (Phi) is 2.95. The van der Waals surface area contributed by atoms with Crippen molar-refractivity contribution in [1.29, 1.82) is 0 Å². The van der Waals surface area contributed by atoms with Gasteiger partial charge in [0.05, 0.1) is 18.5 Å². The van der Waals surface area contributed by atoms with Crippen LogP contribution in [0.5, 0.6) is 0 Å². The number of furan rings is 1. The fourth-order valence-electron chi connectivity index (χ4n) is 1.70. The minimum Gasteiger partial charge on any atom is -0.467 e. The summed E-state index contributed by atoms with van der Waals surface area (Å²) < 4.78 is 5.08. The van der Waals surface area contributed by atoms with Crippen LogP contribution in [-0.2, 0) is 16.1 Å². The molecule has 0 spiro atoms. The minimum absolute atomic E-state index is 0.270. The highest BCUT2D eigenvalue weighted by atomic mass is 16.3. The van der Waals surface area contributed by atoms with E-state index in [9.17, 15) is 9.59 Å². The Morgan fingerprint density at radius 2 is 2.41 bits per heavy atom. The maximum atomic E-state index is 11.8. The van der Waals surface area contributed by atoms with Crippen molar-refractivity contribution in [2.45, 2.75) is 13.5 Å². The molecule has 2 heterocycles. The SMILES string of the molecule is CC1=NN(C)C(=O)C1C(=O)NCc1ccco1. The molecule has 0 bridgehead atoms. The Balaban J connectivity index is 1.97. The van der Waals surface area contributed by atoms with E-state index in [1.807, 2.05) is 0 Å². The van der Waals surface area contributed by atoms with Crippen molar-refractivity contribution < 1.29 is 14.0 Å². The Morgan fingerprint density at radius 1 is 1.65 bits per heavy atom. The maximum Gasteiger partial charge on any atom is 0.260 e. The number of carbonyl (C=O) groups excluding carboxylic acids is 2. The van der Waals surface area contributed by atoms with Crippen LogP contribution in [0.15, 0.2) is 27.9 Å². The Hall–Kier alpha value is -2.11. The molecule has 0 saturated heterocycles. The summed E-state index contributed by atoms with van der Waals surface area (Å²) >= 11 is 0. The number of rotatable bonds is 3. The monoisotopic (exact) mass is 235 g/mol. The molecule has 1 atom stereocenters. The van der Waals surface area contributed by atoms with E-state index in [4.69, 9.17) is 4.42 Å². The number of hydrogen-bond acceptors (Lipinski definition) is 4. The first-order chi connectivity index (χ1) is 8.09. The molecule has 90 valence electrons. The first-order valence-electron chi connectivity index (χ1n) is 5.22. The topological polar surface area (TPSA) is 74.9 Å². The quantitative estimate of drug-likeness (QED) is 0.768. The van der Waals surface area contributed by atoms with Crippen LogP contribution in [0.1, 0.15) is 12.7 Å². The van der Waals surface area contributed by atoms with Gasteiger partial charge in [-0.2, -0.15) is 5.10 Å². The summed E-state index contributed by atoms with van der Waals surface area (Å²) in [7, 11) is 1.53. The van der Waals surface area contributed by atoms with Crippen LogP contribution >= 0.6 is 0 Å². The highest BCUT2D eigenvalue weighted by Crippen LogP contribution is 2.14. The predicted molar refractivity (Wildman–Crippen MR) is 59.9 cm³/mol. The lowest BCUT2D eigenvalue weighted by Crippen LogP contribution is -2.38. The molecule has 6 nitrogen and oxygen atoms in total. The second-order valence-corrected chi connectivity index (χ2v) is 3.83. The second kappa shape index (κ2) is 4.40. The molecule has 1 unspecified atom stereocenters. The van der Waals surface area contributed by atoms with Gasteiger partial charge >= 0.3 is 0 Å². The van der Waals surface area contributed by atoms with Crippen molar-refractivity contribution in [3.05, 3.63) is 24.2 Å². The lowest BCUT2D eigenvalue weighted by molar-refractivity contribution is -0.136. The van der Waals surface area contributed by atoms with Gasteiger partial charge in [0.2, 0.25) is 5.91 Å². The average molecular weight is 235 g/mol. The Morgan fingerprint density at radius 3 is 2.94 bits per heavy atom. The maximum absolute atomic E-state index is 11.8. The number of nitrogens with one attached hydrogen (secondary N) is 1. The van der Waals surface area contributed by atoms with Crippen molar-refractivity contribution in [3.8, 4) is 0 Å². The summed E-state index contributed by atoms with van der Waals surface area (Å²) in [5.41, 5.74) is 0.509. The van der Waals surface area contributed by atoms with Crippen LogP contribution in [0.4, 0.5) is 0 Å². The molecule has 1 aromatic heterocycles. The molecule has 0 aliphatic carbocycles. The van der Waals surface area contributed by atoms with E-state index in [-0.39, 0.29) is 18.4 Å². The summed E-state index contributed by atoms with van der Waals surface area (Å²) in [6.07, 6.45) is 1.53. The number of amides is 2. The third-order valence-electron chi connectivity index (χ3n) is 2.57. The van der Waals surface area contributed by atoms with Crippen LogP contribution in [0.25, 0.3) is 0 Å². The summed E-state index contributed by atoms with van der Waals surface area (Å²) in [6, 6.07) is 3.49. The van der Waals surface area contributed by atoms with Gasteiger partial charge in [-0.05, 0) is 19.1 Å². The van der Waals surface area contributed by atoms with Gasteiger partial charge in [0.1, 0.15) is 5.76 Å².